The Kier molecular flexibility index (Phi) is 31.7. The van der Waals surface area contributed by atoms with Crippen LogP contribution in [0.15, 0.2) is 12.2 Å². The summed E-state index contributed by atoms with van der Waals surface area (Å²) in [5.41, 5.74) is 0.589. The molecule has 0 aromatic carbocycles. The van der Waals surface area contributed by atoms with Crippen molar-refractivity contribution in [3.05, 3.63) is 39.0 Å². The molecule has 2 aliphatic carbocycles. The summed E-state index contributed by atoms with van der Waals surface area (Å²) in [4.78, 5) is 12.3. The summed E-state index contributed by atoms with van der Waals surface area (Å²) in [6, 6.07) is 0. The van der Waals surface area contributed by atoms with E-state index in [1.807, 2.05) is 20.8 Å². The van der Waals surface area contributed by atoms with Crippen LogP contribution in [0.3, 0.4) is 0 Å². The quantitative estimate of drug-likeness (QED) is 0.119. The molecule has 2 atom stereocenters. The Morgan fingerprint density at radius 3 is 1.88 bits per heavy atom. The molecule has 0 aromatic rings. The Balaban J connectivity index is -0.000000294. The van der Waals surface area contributed by atoms with Crippen molar-refractivity contribution in [3.63, 3.8) is 0 Å². The molecule has 0 radical (unpaired) electrons. The van der Waals surface area contributed by atoms with E-state index >= 15 is 0 Å². The van der Waals surface area contributed by atoms with Crippen molar-refractivity contribution in [3.8, 4) is 11.8 Å². The first-order valence-electron chi connectivity index (χ1n) is 10.8. The van der Waals surface area contributed by atoms with E-state index in [4.69, 9.17) is 23.4 Å². The van der Waals surface area contributed by atoms with E-state index < -0.39 is 5.41 Å². The van der Waals surface area contributed by atoms with Crippen LogP contribution in [-0.2, 0) is 49.3 Å². The summed E-state index contributed by atoms with van der Waals surface area (Å²) in [5, 5.41) is 0. The average Bonchev–Trinajstić information content (AvgIpc) is 3.50. The molecule has 2 fully saturated rings. The molecule has 0 amide bonds. The Hall–Kier alpha value is -1.33. The molecule has 7 heteroatoms. The van der Waals surface area contributed by atoms with Gasteiger partial charge in [0.25, 0.3) is 0 Å². The summed E-state index contributed by atoms with van der Waals surface area (Å²) >= 11 is 0. The van der Waals surface area contributed by atoms with Gasteiger partial charge in [0.15, 0.2) is 6.29 Å². The summed E-state index contributed by atoms with van der Waals surface area (Å²) in [6.45, 7) is 28.3. The number of ether oxygens (including phenoxy) is 2. The molecule has 2 aliphatic rings. The molecule has 0 bridgehead atoms. The first kappa shape index (κ1) is 38.9. The normalized spacial score (nSPS) is 19.7. The Labute approximate surface area is 215 Å². The van der Waals surface area contributed by atoms with Gasteiger partial charge in [-0.1, -0.05) is 57.6 Å². The van der Waals surface area contributed by atoms with Crippen LogP contribution < -0.4 is 0 Å². The smallest absolute Gasteiger partial charge is 2.00 e. The molecular formula is C26H37O6W+. The minimum atomic E-state index is -0.440. The number of rotatable bonds is 8. The summed E-state index contributed by atoms with van der Waals surface area (Å²) in [7, 11) is 0. The maximum absolute atomic E-state index is 12.3. The molecule has 2 rings (SSSR count). The maximum atomic E-state index is 12.3. The minimum absolute atomic E-state index is 0. The molecule has 0 unspecified atom stereocenters. The van der Waals surface area contributed by atoms with Crippen molar-refractivity contribution >= 4 is 5.78 Å². The van der Waals surface area contributed by atoms with Gasteiger partial charge in [0.05, 0.1) is 0 Å². The summed E-state index contributed by atoms with van der Waals surface area (Å²) in [5.74, 6) is 6.04. The second-order valence-electron chi connectivity index (χ2n) is 7.43. The molecular weight excluding hydrogens is 592 g/mol. The molecule has 0 aromatic heterocycles. The van der Waals surface area contributed by atoms with E-state index in [0.29, 0.717) is 32.5 Å². The predicted octanol–water partition coefficient (Wildman–Crippen LogP) is 5.38. The van der Waals surface area contributed by atoms with E-state index in [1.54, 1.807) is 0 Å². The fraction of sp³-hybridized carbons (Fsp3) is 0.654. The maximum Gasteiger partial charge on any atom is 2.00 e. The largest absolute Gasteiger partial charge is 2.00 e. The molecule has 0 spiro atoms. The number of carbonyl (C=O) groups is 1. The second kappa shape index (κ2) is 26.9. The van der Waals surface area contributed by atoms with Gasteiger partial charge >= 0.3 is 55.0 Å². The van der Waals surface area contributed by atoms with Crippen LogP contribution >= 0.6 is 0 Å². The van der Waals surface area contributed by atoms with Crippen LogP contribution in [0.25, 0.3) is 0 Å². The van der Waals surface area contributed by atoms with Gasteiger partial charge in [-0.25, -0.2) is 0 Å². The van der Waals surface area contributed by atoms with Crippen LogP contribution in [-0.4, -0.2) is 25.3 Å². The molecule has 33 heavy (non-hydrogen) atoms. The molecule has 0 aliphatic heterocycles. The fourth-order valence-electron chi connectivity index (χ4n) is 3.97. The van der Waals surface area contributed by atoms with E-state index in [0.717, 1.165) is 12.0 Å². The Morgan fingerprint density at radius 1 is 1.09 bits per heavy atom. The summed E-state index contributed by atoms with van der Waals surface area (Å²) in [6.07, 6.45) is 9.86. The number of ketones is 1. The van der Waals surface area contributed by atoms with Crippen molar-refractivity contribution in [2.45, 2.75) is 84.8 Å². The van der Waals surface area contributed by atoms with Gasteiger partial charge in [-0.2, -0.15) is 6.92 Å². The van der Waals surface area contributed by atoms with Gasteiger partial charge in [-0.15, -0.1) is 0 Å². The topological polar surface area (TPSA) is 95.2 Å². The van der Waals surface area contributed by atoms with Crippen LogP contribution in [0.2, 0.25) is 0 Å². The van der Waals surface area contributed by atoms with Crippen LogP contribution in [0.1, 0.15) is 78.6 Å². The van der Waals surface area contributed by atoms with Crippen molar-refractivity contribution in [1.29, 1.82) is 0 Å². The standard InChI is InChI=1S/C18H27O3.C5H10.3CO.W/c1-6-9-12-18(5)15(10-11-16(18)19)14(4)13-17(20-7-2)21-8-3;1-2-4-5-3-1;3*1-2;/h15,17H,1,4,7-8,10-13H2,2-3,5H3;1-5H2;;;;/q-1;;;;;+2/t15-,18-;;;;;/m0...../s1. The zero-order valence-corrected chi connectivity index (χ0v) is 23.1. The van der Waals surface area contributed by atoms with E-state index in [2.05, 4.69) is 45.3 Å². The number of hydrogen-bond donors (Lipinski definition) is 0. The van der Waals surface area contributed by atoms with Gasteiger partial charge in [0.2, 0.25) is 0 Å². The third-order valence-corrected chi connectivity index (χ3v) is 5.52. The molecule has 0 heterocycles. The van der Waals surface area contributed by atoms with E-state index in [-0.39, 0.29) is 39.1 Å². The van der Waals surface area contributed by atoms with Crippen LogP contribution in [0.4, 0.5) is 0 Å². The molecule has 6 nitrogen and oxygen atoms in total. The Morgan fingerprint density at radius 2 is 1.52 bits per heavy atom. The van der Waals surface area contributed by atoms with Crippen molar-refractivity contribution in [2.24, 2.45) is 11.3 Å². The fourth-order valence-corrected chi connectivity index (χ4v) is 3.97. The molecule has 0 saturated heterocycles. The van der Waals surface area contributed by atoms with Gasteiger partial charge in [0, 0.05) is 31.5 Å². The van der Waals surface area contributed by atoms with Crippen molar-refractivity contribution in [2.75, 3.05) is 13.2 Å². The first-order chi connectivity index (χ1) is 15.5. The SMILES string of the molecule is C1CCCC1.C=C(CC(OCC)OCC)[C@@H]1CCC(=O)[C@@]1(C)CC#C[CH2-].[C-]#[O+].[C-]#[O+].[C-]#[O+].[W+2]. The number of carbonyl (C=O) groups excluding carboxylic acids is 1. The number of Topliss-reactive ketones (excluding diaryl/α,β-unsaturated/α-hetero) is 1. The van der Waals surface area contributed by atoms with Crippen molar-refractivity contribution in [1.82, 2.24) is 0 Å². The minimum Gasteiger partial charge on any atom is 2.00 e. The van der Waals surface area contributed by atoms with E-state index in [9.17, 15) is 4.79 Å². The van der Waals surface area contributed by atoms with Gasteiger partial charge in [-0.05, 0) is 26.2 Å². The van der Waals surface area contributed by atoms with Gasteiger partial charge in [0.1, 0.15) is 5.78 Å². The monoisotopic (exact) mass is 629 g/mol. The third kappa shape index (κ3) is 16.0. The summed E-state index contributed by atoms with van der Waals surface area (Å²) < 4.78 is 33.7. The molecule has 182 valence electrons. The predicted molar refractivity (Wildman–Crippen MR) is 119 cm³/mol. The van der Waals surface area contributed by atoms with Crippen LogP contribution in [0.5, 0.6) is 0 Å². The zero-order valence-electron chi connectivity index (χ0n) is 20.2. The average molecular weight is 629 g/mol. The first-order valence-corrected chi connectivity index (χ1v) is 10.8. The number of hydrogen-bond acceptors (Lipinski definition) is 3. The Bertz CT molecular complexity index is 596. The molecule has 2 saturated carbocycles. The van der Waals surface area contributed by atoms with Gasteiger partial charge < -0.3 is 15.4 Å². The van der Waals surface area contributed by atoms with E-state index in [1.165, 1.54) is 32.1 Å². The second-order valence-corrected chi connectivity index (χ2v) is 7.43. The van der Waals surface area contributed by atoms with Crippen molar-refractivity contribution < 1.29 is 49.3 Å². The van der Waals surface area contributed by atoms with Crippen LogP contribution in [0, 0.1) is 50.0 Å². The molecule has 0 N–H and O–H groups in total. The zero-order chi connectivity index (χ0) is 25.4. The third-order valence-electron chi connectivity index (χ3n) is 5.52. The van der Waals surface area contributed by atoms with Gasteiger partial charge in [-0.3, -0.25) is 10.7 Å².